The number of nitrogens with zero attached hydrogens (tertiary/aromatic N) is 4. The monoisotopic (exact) mass is 385 g/mol. The first-order valence-corrected chi connectivity index (χ1v) is 7.62. The number of nitrogen functional groups attached to an aromatic ring is 1. The highest BCUT2D eigenvalue weighted by Crippen LogP contribution is 2.46. The second kappa shape index (κ2) is 5.71. The molecule has 4 atom stereocenters. The maximum atomic E-state index is 10.3. The van der Waals surface area contributed by atoms with Crippen LogP contribution >= 0.6 is 15.9 Å². The molecule has 1 fully saturated rings. The number of alkyl halides is 1. The lowest BCUT2D eigenvalue weighted by Gasteiger charge is -2.27. The number of nitrogens with two attached hydrogens (primary N) is 1. The fourth-order valence-corrected chi connectivity index (χ4v) is 3.46. The number of aliphatic hydroxyl groups excluding tert-OH is 2. The quantitative estimate of drug-likeness (QED) is 0.256. The van der Waals surface area contributed by atoms with Gasteiger partial charge in [0.1, 0.15) is 30.0 Å². The summed E-state index contributed by atoms with van der Waals surface area (Å²) in [7, 11) is 0. The summed E-state index contributed by atoms with van der Waals surface area (Å²) in [6, 6.07) is 0. The zero-order valence-corrected chi connectivity index (χ0v) is 13.8. The van der Waals surface area contributed by atoms with Crippen molar-refractivity contribution in [1.82, 2.24) is 14.5 Å². The molecule has 3 rings (SSSR count). The van der Waals surface area contributed by atoms with E-state index in [4.69, 9.17) is 15.7 Å². The molecule has 1 saturated heterocycles. The fourth-order valence-electron chi connectivity index (χ4n) is 2.84. The van der Waals surface area contributed by atoms with Crippen LogP contribution in [-0.2, 0) is 4.74 Å². The van der Waals surface area contributed by atoms with Gasteiger partial charge in [-0.1, -0.05) is 21.1 Å². The van der Waals surface area contributed by atoms with Crippen molar-refractivity contribution >= 4 is 39.0 Å². The Morgan fingerprint density at radius 3 is 2.91 bits per heavy atom. The highest BCUT2D eigenvalue weighted by Gasteiger charge is 2.52. The highest BCUT2D eigenvalue weighted by molar-refractivity contribution is 9.10. The van der Waals surface area contributed by atoms with Gasteiger partial charge in [-0.2, -0.15) is 0 Å². The van der Waals surface area contributed by atoms with E-state index in [1.807, 2.05) is 0 Å². The molecule has 1 aliphatic heterocycles. The van der Waals surface area contributed by atoms with E-state index in [1.165, 1.54) is 12.5 Å². The molecule has 3 heterocycles. The molecule has 0 aliphatic carbocycles. The van der Waals surface area contributed by atoms with Crippen LogP contribution in [0.15, 0.2) is 17.7 Å². The predicted molar refractivity (Wildman–Crippen MR) is 85.7 cm³/mol. The van der Waals surface area contributed by atoms with Gasteiger partial charge in [0, 0.05) is 11.8 Å². The van der Waals surface area contributed by atoms with E-state index in [2.05, 4.69) is 31.1 Å². The van der Waals surface area contributed by atoms with Crippen molar-refractivity contribution in [1.29, 1.82) is 0 Å². The Morgan fingerprint density at radius 2 is 2.30 bits per heavy atom. The normalized spacial score (nSPS) is 31.4. The van der Waals surface area contributed by atoms with Crippen LogP contribution in [0.2, 0.25) is 0 Å². The zero-order valence-electron chi connectivity index (χ0n) is 12.2. The minimum Gasteiger partial charge on any atom is -0.411 e. The van der Waals surface area contributed by atoms with Gasteiger partial charge in [-0.3, -0.25) is 0 Å². The third-order valence-electron chi connectivity index (χ3n) is 4.01. The number of anilines is 1. The molecule has 0 spiro atoms. The minimum absolute atomic E-state index is 0.233. The predicted octanol–water partition coefficient (Wildman–Crippen LogP) is 0.226. The zero-order chi connectivity index (χ0) is 16.8. The van der Waals surface area contributed by atoms with Gasteiger partial charge in [-0.05, 0) is 6.92 Å². The Bertz CT molecular complexity index is 762. The number of fused-ring (bicyclic) bond motifs is 1. The second-order valence-electron chi connectivity index (χ2n) is 5.50. The summed E-state index contributed by atoms with van der Waals surface area (Å²) in [5.41, 5.74) is 6.87. The molecular formula is C13H16BrN5O4. The molecule has 1 aliphatic rings. The summed E-state index contributed by atoms with van der Waals surface area (Å²) in [6.07, 6.45) is 1.85. The third kappa shape index (κ3) is 2.38. The van der Waals surface area contributed by atoms with Crippen LogP contribution in [0.5, 0.6) is 0 Å². The molecule has 0 unspecified atom stereocenters. The summed E-state index contributed by atoms with van der Waals surface area (Å²) in [5, 5.41) is 32.1. The highest BCUT2D eigenvalue weighted by atomic mass is 79.9. The van der Waals surface area contributed by atoms with Crippen LogP contribution in [0.25, 0.3) is 11.0 Å². The van der Waals surface area contributed by atoms with Gasteiger partial charge in [-0.25, -0.2) is 9.97 Å². The SMILES string of the molecule is C[C@@]1(Br)[C@H](O)[C@@H](CO)O[C@H]1n1cc(/C=N/O)c2c(N)ncnc21. The van der Waals surface area contributed by atoms with Crippen molar-refractivity contribution in [2.45, 2.75) is 29.7 Å². The number of hydrogen-bond acceptors (Lipinski definition) is 8. The van der Waals surface area contributed by atoms with Crippen molar-refractivity contribution in [2.24, 2.45) is 5.16 Å². The first kappa shape index (κ1) is 16.1. The number of aliphatic hydroxyl groups is 2. The van der Waals surface area contributed by atoms with Gasteiger partial charge in [-0.15, -0.1) is 0 Å². The van der Waals surface area contributed by atoms with Crippen LogP contribution in [0.3, 0.4) is 0 Å². The molecule has 0 aromatic carbocycles. The molecular weight excluding hydrogens is 370 g/mol. The summed E-state index contributed by atoms with van der Waals surface area (Å²) in [5.74, 6) is 0.233. The molecule has 23 heavy (non-hydrogen) atoms. The van der Waals surface area contributed by atoms with Gasteiger partial charge >= 0.3 is 0 Å². The average molecular weight is 386 g/mol. The van der Waals surface area contributed by atoms with Gasteiger partial charge in [0.2, 0.25) is 0 Å². The van der Waals surface area contributed by atoms with Gasteiger partial charge in [0.25, 0.3) is 0 Å². The van der Waals surface area contributed by atoms with E-state index in [0.717, 1.165) is 0 Å². The van der Waals surface area contributed by atoms with Crippen LogP contribution in [0.4, 0.5) is 5.82 Å². The summed E-state index contributed by atoms with van der Waals surface area (Å²) < 4.78 is 6.57. The van der Waals surface area contributed by atoms with Crippen LogP contribution in [-0.4, -0.2) is 59.3 Å². The minimum atomic E-state index is -0.927. The van der Waals surface area contributed by atoms with E-state index in [1.54, 1.807) is 17.7 Å². The third-order valence-corrected chi connectivity index (χ3v) is 4.88. The molecule has 0 radical (unpaired) electrons. The Hall–Kier alpha value is -1.75. The van der Waals surface area contributed by atoms with Gasteiger partial charge in [0.15, 0.2) is 6.23 Å². The maximum absolute atomic E-state index is 10.3. The number of aromatic nitrogens is 3. The maximum Gasteiger partial charge on any atom is 0.153 e. The molecule has 2 aromatic rings. The van der Waals surface area contributed by atoms with Crippen molar-refractivity contribution in [3.8, 4) is 0 Å². The Balaban J connectivity index is 2.19. The van der Waals surface area contributed by atoms with E-state index in [9.17, 15) is 10.2 Å². The van der Waals surface area contributed by atoms with E-state index in [0.29, 0.717) is 16.6 Å². The number of ether oxygens (including phenoxy) is 1. The molecule has 0 amide bonds. The van der Waals surface area contributed by atoms with E-state index >= 15 is 0 Å². The van der Waals surface area contributed by atoms with Crippen LogP contribution in [0, 0.1) is 0 Å². The Kier molecular flexibility index (Phi) is 4.00. The van der Waals surface area contributed by atoms with Crippen molar-refractivity contribution < 1.29 is 20.2 Å². The topological polar surface area (TPSA) is 139 Å². The lowest BCUT2D eigenvalue weighted by atomic mass is 10.0. The van der Waals surface area contributed by atoms with Gasteiger partial charge < -0.3 is 30.5 Å². The Labute approximate surface area is 139 Å². The number of halogens is 1. The molecule has 9 nitrogen and oxygen atoms in total. The van der Waals surface area contributed by atoms with Crippen LogP contribution in [0.1, 0.15) is 18.7 Å². The van der Waals surface area contributed by atoms with Crippen molar-refractivity contribution in [2.75, 3.05) is 12.3 Å². The number of hydrogen-bond donors (Lipinski definition) is 4. The first-order chi connectivity index (χ1) is 10.9. The van der Waals surface area contributed by atoms with Gasteiger partial charge in [0.05, 0.1) is 22.5 Å². The second-order valence-corrected chi connectivity index (χ2v) is 7.21. The average Bonchev–Trinajstić information content (AvgIpc) is 2.97. The van der Waals surface area contributed by atoms with Crippen LogP contribution < -0.4 is 5.73 Å². The summed E-state index contributed by atoms with van der Waals surface area (Å²) >= 11 is 3.48. The fraction of sp³-hybridized carbons (Fsp3) is 0.462. The molecule has 0 bridgehead atoms. The largest absolute Gasteiger partial charge is 0.411 e. The first-order valence-electron chi connectivity index (χ1n) is 6.83. The molecule has 10 heteroatoms. The van der Waals surface area contributed by atoms with Crippen molar-refractivity contribution in [3.05, 3.63) is 18.1 Å². The summed E-state index contributed by atoms with van der Waals surface area (Å²) in [4.78, 5) is 8.16. The lowest BCUT2D eigenvalue weighted by molar-refractivity contribution is -0.0437. The van der Waals surface area contributed by atoms with E-state index in [-0.39, 0.29) is 12.4 Å². The number of oxime groups is 1. The smallest absolute Gasteiger partial charge is 0.153 e. The molecule has 0 saturated carbocycles. The molecule has 5 N–H and O–H groups in total. The number of rotatable bonds is 3. The van der Waals surface area contributed by atoms with E-state index < -0.39 is 22.8 Å². The summed E-state index contributed by atoms with van der Waals surface area (Å²) in [6.45, 7) is 1.44. The van der Waals surface area contributed by atoms with Crippen molar-refractivity contribution in [3.63, 3.8) is 0 Å². The standard InChI is InChI=1S/C13H16BrN5O4/c1-13(14)9(21)7(4-20)23-12(13)19-3-6(2-18-22)8-10(15)16-5-17-11(8)19/h2-3,5,7,9,12,20-22H,4H2,1H3,(H2,15,16,17)/b18-2+/t7-,9-,12-,13-/m1/s1. The Morgan fingerprint density at radius 1 is 1.57 bits per heavy atom. The molecule has 124 valence electrons. The molecule has 2 aromatic heterocycles. The lowest BCUT2D eigenvalue weighted by Crippen LogP contribution is -2.39.